The number of fused-ring (bicyclic) bond motifs is 1. The Kier molecular flexibility index (Phi) is 11.5. The number of nitriles is 1. The summed E-state index contributed by atoms with van der Waals surface area (Å²) in [7, 11) is 0. The van der Waals surface area contributed by atoms with E-state index >= 15 is 0 Å². The third kappa shape index (κ3) is 7.61. The molecule has 7 nitrogen and oxygen atoms in total. The highest BCUT2D eigenvalue weighted by Crippen LogP contribution is 2.27. The van der Waals surface area contributed by atoms with Gasteiger partial charge in [-0.1, -0.05) is 46.8 Å². The maximum absolute atomic E-state index is 13.4. The van der Waals surface area contributed by atoms with Crippen LogP contribution in [0.15, 0.2) is 48.5 Å². The van der Waals surface area contributed by atoms with Crippen LogP contribution in [0.2, 0.25) is 0 Å². The molecule has 0 bridgehead atoms. The molecule has 0 radical (unpaired) electrons. The second-order valence-corrected chi connectivity index (χ2v) is 6.54. The smallest absolute Gasteiger partial charge is 0.224 e. The van der Waals surface area contributed by atoms with Crippen LogP contribution >= 0.6 is 0 Å². The molecule has 2 aromatic carbocycles. The van der Waals surface area contributed by atoms with Crippen LogP contribution in [0.25, 0.3) is 22.2 Å². The van der Waals surface area contributed by atoms with Gasteiger partial charge in [-0.25, -0.2) is 13.8 Å². The molecule has 0 aliphatic heterocycles. The number of nitrogens with zero attached hydrogens (tertiary/aromatic N) is 4. The number of hydrogen-bond acceptors (Lipinski definition) is 7. The van der Waals surface area contributed by atoms with Gasteiger partial charge in [-0.2, -0.15) is 15.2 Å². The number of hydrogen-bond donors (Lipinski definition) is 3. The molecular formula is C26H31F2N7. The lowest BCUT2D eigenvalue weighted by Gasteiger charge is -2.09. The van der Waals surface area contributed by atoms with Crippen LogP contribution in [0, 0.1) is 23.0 Å². The minimum Gasteiger partial charge on any atom is -0.382 e. The largest absolute Gasteiger partial charge is 0.382 e. The van der Waals surface area contributed by atoms with E-state index in [0.717, 1.165) is 17.4 Å². The number of nitrogens with two attached hydrogens (primary N) is 3. The number of nitrogen functional groups attached to an aromatic ring is 3. The Morgan fingerprint density at radius 1 is 0.829 bits per heavy atom. The van der Waals surface area contributed by atoms with Crippen LogP contribution in [0.1, 0.15) is 45.7 Å². The van der Waals surface area contributed by atoms with E-state index in [1.807, 2.05) is 46.8 Å². The summed E-state index contributed by atoms with van der Waals surface area (Å²) < 4.78 is 26.7. The number of pyridine rings is 1. The first-order valence-electron chi connectivity index (χ1n) is 11.3. The van der Waals surface area contributed by atoms with Gasteiger partial charge in [0.05, 0.1) is 11.2 Å². The van der Waals surface area contributed by atoms with Gasteiger partial charge in [-0.05, 0) is 42.3 Å². The van der Waals surface area contributed by atoms with Crippen LogP contribution < -0.4 is 17.2 Å². The maximum atomic E-state index is 13.4. The van der Waals surface area contributed by atoms with E-state index in [2.05, 4.69) is 15.0 Å². The highest BCUT2D eigenvalue weighted by atomic mass is 19.1. The predicted octanol–water partition coefficient (Wildman–Crippen LogP) is 5.89. The second-order valence-electron chi connectivity index (χ2n) is 6.54. The van der Waals surface area contributed by atoms with Crippen molar-refractivity contribution in [2.75, 3.05) is 17.2 Å². The lowest BCUT2D eigenvalue weighted by Crippen LogP contribution is -2.06. The summed E-state index contributed by atoms with van der Waals surface area (Å²) in [4.78, 5) is 11.6. The van der Waals surface area contributed by atoms with E-state index in [9.17, 15) is 8.78 Å². The van der Waals surface area contributed by atoms with Crippen LogP contribution in [-0.4, -0.2) is 15.0 Å². The van der Waals surface area contributed by atoms with E-state index < -0.39 is 0 Å². The fraction of sp³-hybridized carbons (Fsp3) is 0.231. The van der Waals surface area contributed by atoms with Crippen molar-refractivity contribution in [2.24, 2.45) is 0 Å². The standard InChI is InChI=1S/C17H13F2N.C5H6N6.2C2H6/c1-2-11-8-12-6-7-15(19)10-16(12)20-17(11)13-4-3-5-14(18)9-13;6-1-2-3(7)10-5(9)11-4(2)8;2*1-2/h3-10H,2H2,1H3;(H6,7,8,9,10,11);2*1-2H3. The Morgan fingerprint density at radius 2 is 1.43 bits per heavy atom. The number of anilines is 3. The summed E-state index contributed by atoms with van der Waals surface area (Å²) in [5.74, 6) is -0.626. The summed E-state index contributed by atoms with van der Waals surface area (Å²) in [5, 5.41) is 9.35. The molecule has 0 spiro atoms. The van der Waals surface area contributed by atoms with Crippen molar-refractivity contribution in [1.82, 2.24) is 15.0 Å². The Labute approximate surface area is 204 Å². The molecule has 0 atom stereocenters. The molecule has 2 aromatic heterocycles. The molecule has 0 unspecified atom stereocenters. The molecule has 35 heavy (non-hydrogen) atoms. The van der Waals surface area contributed by atoms with Gasteiger partial charge in [0.15, 0.2) is 0 Å². The highest BCUT2D eigenvalue weighted by molar-refractivity contribution is 5.83. The van der Waals surface area contributed by atoms with Crippen molar-refractivity contribution in [3.8, 4) is 17.3 Å². The molecule has 0 aliphatic carbocycles. The molecule has 0 amide bonds. The van der Waals surface area contributed by atoms with Crippen molar-refractivity contribution in [3.05, 3.63) is 71.3 Å². The summed E-state index contributed by atoms with van der Waals surface area (Å²) in [5.41, 5.74) is 18.9. The molecule has 4 aromatic rings. The van der Waals surface area contributed by atoms with E-state index in [1.165, 1.54) is 24.3 Å². The molecule has 0 fully saturated rings. The SMILES string of the molecule is CC.CC.CCc1cc2ccc(F)cc2nc1-c1cccc(F)c1.N#Cc1c(N)nc(N)nc1N. The molecule has 0 saturated carbocycles. The van der Waals surface area contributed by atoms with Gasteiger partial charge in [-0.15, -0.1) is 0 Å². The average molecular weight is 480 g/mol. The number of benzene rings is 2. The first-order chi connectivity index (χ1) is 16.8. The minimum absolute atomic E-state index is 0.0116. The van der Waals surface area contributed by atoms with E-state index in [0.29, 0.717) is 16.8 Å². The molecular weight excluding hydrogens is 448 g/mol. The summed E-state index contributed by atoms with van der Waals surface area (Å²) in [6, 6.07) is 14.6. The fourth-order valence-corrected chi connectivity index (χ4v) is 2.97. The predicted molar refractivity (Wildman–Crippen MR) is 139 cm³/mol. The fourth-order valence-electron chi connectivity index (χ4n) is 2.97. The first kappa shape index (κ1) is 28.7. The Morgan fingerprint density at radius 3 is 1.97 bits per heavy atom. The van der Waals surface area contributed by atoms with E-state index in [-0.39, 0.29) is 34.8 Å². The van der Waals surface area contributed by atoms with Crippen molar-refractivity contribution in [2.45, 2.75) is 41.0 Å². The number of aromatic nitrogens is 3. The number of halogens is 2. The molecule has 6 N–H and O–H groups in total. The zero-order chi connectivity index (χ0) is 26.5. The molecule has 0 aliphatic rings. The first-order valence-corrected chi connectivity index (χ1v) is 11.3. The average Bonchev–Trinajstić information content (AvgIpc) is 2.86. The highest BCUT2D eigenvalue weighted by Gasteiger charge is 2.09. The van der Waals surface area contributed by atoms with Gasteiger partial charge in [0.2, 0.25) is 5.95 Å². The van der Waals surface area contributed by atoms with Gasteiger partial charge in [-0.3, -0.25) is 0 Å². The number of aryl methyl sites for hydroxylation is 1. The van der Waals surface area contributed by atoms with Gasteiger partial charge < -0.3 is 17.2 Å². The van der Waals surface area contributed by atoms with E-state index in [4.69, 9.17) is 22.5 Å². The van der Waals surface area contributed by atoms with Crippen molar-refractivity contribution < 1.29 is 8.78 Å². The van der Waals surface area contributed by atoms with Crippen molar-refractivity contribution in [3.63, 3.8) is 0 Å². The lowest BCUT2D eigenvalue weighted by atomic mass is 10.0. The normalized spacial score (nSPS) is 9.43. The quantitative estimate of drug-likeness (QED) is 0.325. The van der Waals surface area contributed by atoms with Gasteiger partial charge in [0.1, 0.15) is 34.9 Å². The third-order valence-electron chi connectivity index (χ3n) is 4.43. The molecule has 4 rings (SSSR count). The minimum atomic E-state index is -0.320. The maximum Gasteiger partial charge on any atom is 0.224 e. The van der Waals surface area contributed by atoms with Crippen LogP contribution in [0.5, 0.6) is 0 Å². The third-order valence-corrected chi connectivity index (χ3v) is 4.43. The molecule has 184 valence electrons. The van der Waals surface area contributed by atoms with Gasteiger partial charge >= 0.3 is 0 Å². The topological polar surface area (TPSA) is 141 Å². The van der Waals surface area contributed by atoms with Crippen molar-refractivity contribution in [1.29, 1.82) is 5.26 Å². The zero-order valence-electron chi connectivity index (χ0n) is 20.6. The monoisotopic (exact) mass is 479 g/mol. The van der Waals surface area contributed by atoms with Crippen molar-refractivity contribution >= 4 is 28.5 Å². The Bertz CT molecular complexity index is 1280. The zero-order valence-corrected chi connectivity index (χ0v) is 20.6. The van der Waals surface area contributed by atoms with Crippen LogP contribution in [0.3, 0.4) is 0 Å². The van der Waals surface area contributed by atoms with Gasteiger partial charge in [0.25, 0.3) is 0 Å². The second kappa shape index (κ2) is 14.1. The summed E-state index contributed by atoms with van der Waals surface area (Å²) >= 11 is 0. The molecule has 2 heterocycles. The van der Waals surface area contributed by atoms with Gasteiger partial charge in [0, 0.05) is 17.0 Å². The van der Waals surface area contributed by atoms with E-state index in [1.54, 1.807) is 18.2 Å². The number of rotatable bonds is 2. The Hall–Kier alpha value is -4.32. The molecule has 0 saturated heterocycles. The summed E-state index contributed by atoms with van der Waals surface area (Å²) in [6.07, 6.45) is 0.784. The van der Waals surface area contributed by atoms with Crippen LogP contribution in [-0.2, 0) is 6.42 Å². The molecule has 9 heteroatoms. The van der Waals surface area contributed by atoms with Crippen LogP contribution in [0.4, 0.5) is 26.4 Å². The summed E-state index contributed by atoms with van der Waals surface area (Å²) in [6.45, 7) is 10.0. The Balaban J connectivity index is 0.000000347. The lowest BCUT2D eigenvalue weighted by molar-refractivity contribution is 0.628.